The van der Waals surface area contributed by atoms with Crippen molar-refractivity contribution in [1.29, 1.82) is 0 Å². The van der Waals surface area contributed by atoms with Crippen LogP contribution in [0.5, 0.6) is 0 Å². The highest BCUT2D eigenvalue weighted by Crippen LogP contribution is 2.44. The van der Waals surface area contributed by atoms with Crippen molar-refractivity contribution in [2.75, 3.05) is 10.6 Å². The van der Waals surface area contributed by atoms with Crippen LogP contribution in [0.1, 0.15) is 51.9 Å². The smallest absolute Gasteiger partial charge is 0.0731 e. The Labute approximate surface area is 349 Å². The van der Waals surface area contributed by atoms with Crippen LogP contribution < -0.4 is 16.0 Å². The quantitative estimate of drug-likeness (QED) is 0.163. The summed E-state index contributed by atoms with van der Waals surface area (Å²) in [4.78, 5) is 9.64. The van der Waals surface area contributed by atoms with E-state index in [-0.39, 0.29) is 18.1 Å². The molecule has 0 amide bonds. The maximum atomic E-state index is 5.13. The molecule has 6 aromatic carbocycles. The number of hydrogen-bond acceptors (Lipinski definition) is 5. The van der Waals surface area contributed by atoms with Crippen LogP contribution in [0.15, 0.2) is 188 Å². The van der Waals surface area contributed by atoms with Crippen molar-refractivity contribution in [1.82, 2.24) is 15.3 Å². The number of aromatic nitrogens is 2. The van der Waals surface area contributed by atoms with Crippen molar-refractivity contribution >= 4 is 61.2 Å². The number of benzene rings is 6. The number of nitrogens with one attached hydrogen (secondary N) is 3. The molecule has 3 atom stereocenters. The molecule has 5 nitrogen and oxygen atoms in total. The van der Waals surface area contributed by atoms with Crippen molar-refractivity contribution < 1.29 is 0 Å². The first-order chi connectivity index (χ1) is 29.7. The van der Waals surface area contributed by atoms with E-state index in [4.69, 9.17) is 4.98 Å². The minimum Gasteiger partial charge on any atom is -0.376 e. The molecule has 3 unspecified atom stereocenters. The average Bonchev–Trinajstić information content (AvgIpc) is 3.32. The standard InChI is InChI=1S/C55H41N5/c1-2-6-41-29-43(19-11-34(41)5-1)50-27-24-40-17-16-39-23-26-48(59-54(39)55(40)60-50)36-12-9-35(10-13-36)42-18-14-37-21-25-49(57-52(37)30-42)44-20-15-38-22-28-51(58-53(38)31-44)47-33-56-32-45-7-3-4-8-46(45)47/h1-22,24-25,27-33,48,50,52,57,59-60H,23,26H2. The first-order valence-electron chi connectivity index (χ1n) is 21.0. The highest BCUT2D eigenvalue weighted by molar-refractivity contribution is 5.96. The maximum Gasteiger partial charge on any atom is 0.0731 e. The first kappa shape index (κ1) is 34.5. The monoisotopic (exact) mass is 771 g/mol. The number of rotatable bonds is 5. The van der Waals surface area contributed by atoms with Crippen LogP contribution in [0, 0.1) is 0 Å². The summed E-state index contributed by atoms with van der Waals surface area (Å²) in [5, 5.41) is 17.6. The van der Waals surface area contributed by atoms with E-state index in [9.17, 15) is 0 Å². The highest BCUT2D eigenvalue weighted by Gasteiger charge is 2.26. The molecule has 0 spiro atoms. The molecule has 8 aromatic rings. The van der Waals surface area contributed by atoms with Crippen LogP contribution >= 0.6 is 0 Å². The number of nitrogens with zero attached hydrogens (tertiary/aromatic N) is 2. The minimum absolute atomic E-state index is 0.0732. The van der Waals surface area contributed by atoms with Crippen LogP contribution in [0.2, 0.25) is 0 Å². The van der Waals surface area contributed by atoms with Gasteiger partial charge in [0.1, 0.15) is 0 Å². The van der Waals surface area contributed by atoms with Gasteiger partial charge in [0.2, 0.25) is 0 Å². The number of allylic oxidation sites excluding steroid dienone is 4. The van der Waals surface area contributed by atoms with E-state index in [1.807, 2.05) is 18.5 Å². The first-order valence-corrected chi connectivity index (χ1v) is 21.0. The van der Waals surface area contributed by atoms with E-state index in [2.05, 4.69) is 191 Å². The van der Waals surface area contributed by atoms with Crippen molar-refractivity contribution in [2.45, 2.75) is 31.0 Å². The van der Waals surface area contributed by atoms with Gasteiger partial charge in [-0.1, -0.05) is 152 Å². The summed E-state index contributed by atoms with van der Waals surface area (Å²) < 4.78 is 0. The summed E-state index contributed by atoms with van der Waals surface area (Å²) >= 11 is 0. The van der Waals surface area contributed by atoms with Gasteiger partial charge in [0, 0.05) is 34.4 Å². The molecule has 1 aliphatic carbocycles. The van der Waals surface area contributed by atoms with Gasteiger partial charge in [0.05, 0.1) is 40.7 Å². The van der Waals surface area contributed by atoms with Gasteiger partial charge in [-0.3, -0.25) is 4.98 Å². The minimum atomic E-state index is 0.0732. The maximum absolute atomic E-state index is 5.13. The number of hydrogen-bond donors (Lipinski definition) is 3. The molecule has 5 heterocycles. The predicted molar refractivity (Wildman–Crippen MR) is 249 cm³/mol. The number of pyridine rings is 2. The SMILES string of the molecule is C1=CC2=CC=C(c3ccc4ccc(-c5cncc6ccccc56)nc4c3)NC2C=C1c1ccc(C2CCc3ccc4c(c3N2)NC(c2ccc3ccccc3c2)C=C4)cc1. The molecule has 12 rings (SSSR count). The number of dihydropyridines is 1. The van der Waals surface area contributed by atoms with Crippen molar-refractivity contribution in [2.24, 2.45) is 0 Å². The Morgan fingerprint density at radius 3 is 2.32 bits per heavy atom. The van der Waals surface area contributed by atoms with Gasteiger partial charge in [-0.25, -0.2) is 4.98 Å². The molecule has 0 fully saturated rings. The fraction of sp³-hybridized carbons (Fsp3) is 0.0909. The predicted octanol–water partition coefficient (Wildman–Crippen LogP) is 12.8. The zero-order valence-electron chi connectivity index (χ0n) is 32.9. The largest absolute Gasteiger partial charge is 0.376 e. The van der Waals surface area contributed by atoms with Crippen LogP contribution in [0.4, 0.5) is 11.4 Å². The molecule has 5 heteroatoms. The molecule has 286 valence electrons. The summed E-state index contributed by atoms with van der Waals surface area (Å²) in [6.45, 7) is 0. The van der Waals surface area contributed by atoms with Gasteiger partial charge in [0.25, 0.3) is 0 Å². The van der Waals surface area contributed by atoms with E-state index < -0.39 is 0 Å². The summed E-state index contributed by atoms with van der Waals surface area (Å²) in [5.41, 5.74) is 16.5. The second-order valence-corrected chi connectivity index (χ2v) is 16.3. The Morgan fingerprint density at radius 2 is 1.38 bits per heavy atom. The van der Waals surface area contributed by atoms with E-state index in [0.717, 1.165) is 57.0 Å². The lowest BCUT2D eigenvalue weighted by atomic mass is 9.88. The van der Waals surface area contributed by atoms with E-state index in [0.29, 0.717) is 0 Å². The lowest BCUT2D eigenvalue weighted by Crippen LogP contribution is -2.31. The van der Waals surface area contributed by atoms with Crippen LogP contribution in [0.25, 0.3) is 61.1 Å². The second-order valence-electron chi connectivity index (χ2n) is 16.3. The normalized spacial score (nSPS) is 18.9. The van der Waals surface area contributed by atoms with E-state index in [1.54, 1.807) is 0 Å². The molecule has 4 aliphatic rings. The summed E-state index contributed by atoms with van der Waals surface area (Å²) in [6.07, 6.45) is 21.7. The molecular formula is C55H41N5. The van der Waals surface area contributed by atoms with Gasteiger partial charge in [-0.15, -0.1) is 0 Å². The van der Waals surface area contributed by atoms with Crippen molar-refractivity contribution in [3.8, 4) is 11.3 Å². The zero-order valence-corrected chi connectivity index (χ0v) is 32.9. The molecule has 3 N–H and O–H groups in total. The summed E-state index contributed by atoms with van der Waals surface area (Å²) in [7, 11) is 0. The Morgan fingerprint density at radius 1 is 0.567 bits per heavy atom. The van der Waals surface area contributed by atoms with Gasteiger partial charge >= 0.3 is 0 Å². The van der Waals surface area contributed by atoms with Gasteiger partial charge in [-0.2, -0.15) is 0 Å². The topological polar surface area (TPSA) is 61.9 Å². The molecular weight excluding hydrogens is 731 g/mol. The Bertz CT molecular complexity index is 3200. The number of fused-ring (bicyclic) bond motifs is 7. The van der Waals surface area contributed by atoms with Crippen LogP contribution in [-0.4, -0.2) is 16.0 Å². The molecule has 0 saturated heterocycles. The molecule has 60 heavy (non-hydrogen) atoms. The Balaban J connectivity index is 0.762. The zero-order chi connectivity index (χ0) is 39.6. The molecule has 3 aliphatic heterocycles. The number of anilines is 2. The van der Waals surface area contributed by atoms with Gasteiger partial charge in [0.15, 0.2) is 0 Å². The van der Waals surface area contributed by atoms with Crippen LogP contribution in [0.3, 0.4) is 0 Å². The number of aryl methyl sites for hydroxylation is 1. The molecule has 0 saturated carbocycles. The fourth-order valence-electron chi connectivity index (χ4n) is 9.46. The van der Waals surface area contributed by atoms with E-state index in [1.165, 1.54) is 61.1 Å². The van der Waals surface area contributed by atoms with E-state index >= 15 is 0 Å². The van der Waals surface area contributed by atoms with Crippen molar-refractivity contribution in [3.05, 3.63) is 221 Å². The highest BCUT2D eigenvalue weighted by atomic mass is 15.0. The molecule has 2 aromatic heterocycles. The van der Waals surface area contributed by atoms with Crippen LogP contribution in [-0.2, 0) is 6.42 Å². The lowest BCUT2D eigenvalue weighted by molar-refractivity contribution is 0.668. The summed E-state index contributed by atoms with van der Waals surface area (Å²) in [5.74, 6) is 0. The summed E-state index contributed by atoms with van der Waals surface area (Å²) in [6, 6.07) is 48.7. The Kier molecular flexibility index (Phi) is 8.12. The van der Waals surface area contributed by atoms with Gasteiger partial charge in [-0.05, 0) is 97.8 Å². The fourth-order valence-corrected chi connectivity index (χ4v) is 9.46. The second kappa shape index (κ2) is 14.1. The molecule has 0 radical (unpaired) electrons. The van der Waals surface area contributed by atoms with Gasteiger partial charge < -0.3 is 16.0 Å². The van der Waals surface area contributed by atoms with Crippen molar-refractivity contribution in [3.63, 3.8) is 0 Å². The lowest BCUT2D eigenvalue weighted by Gasteiger charge is -2.33. The Hall–Kier alpha value is -7.50. The third kappa shape index (κ3) is 6.09. The molecule has 0 bridgehead atoms. The average molecular weight is 772 g/mol. The third-order valence-electron chi connectivity index (χ3n) is 12.8. The third-order valence-corrected chi connectivity index (χ3v) is 12.8.